The van der Waals surface area contributed by atoms with Crippen LogP contribution in [-0.4, -0.2) is 0 Å². The lowest BCUT2D eigenvalue weighted by molar-refractivity contribution is 0.395. The Balaban J connectivity index is 1.52. The molecule has 0 atom stereocenters. The number of hydrogen-bond acceptors (Lipinski definition) is 0. The number of aryl methyl sites for hydroxylation is 1. The van der Waals surface area contributed by atoms with Crippen molar-refractivity contribution in [3.63, 3.8) is 0 Å². The fourth-order valence-electron chi connectivity index (χ4n) is 4.65. The quantitative estimate of drug-likeness (QED) is 0.310. The molecule has 0 bridgehead atoms. The fraction of sp³-hybridized carbons (Fsp3) is 0.360. The minimum Gasteiger partial charge on any atom is -0.206 e. The van der Waals surface area contributed by atoms with Gasteiger partial charge in [0, 0.05) is 0 Å². The number of rotatable bonds is 4. The lowest BCUT2D eigenvalue weighted by Crippen LogP contribution is -2.12. The third-order valence-corrected chi connectivity index (χ3v) is 6.24. The highest BCUT2D eigenvalue weighted by atomic mass is 19.2. The molecular weight excluding hydrogens is 376 g/mol. The maximum absolute atomic E-state index is 14.5. The van der Waals surface area contributed by atoms with E-state index in [1.54, 1.807) is 6.07 Å². The van der Waals surface area contributed by atoms with E-state index in [-0.39, 0.29) is 11.3 Å². The summed E-state index contributed by atoms with van der Waals surface area (Å²) in [6, 6.07) is 12.6. The summed E-state index contributed by atoms with van der Waals surface area (Å²) in [6.45, 7) is 2.17. The number of halogens is 4. The van der Waals surface area contributed by atoms with Crippen LogP contribution < -0.4 is 0 Å². The molecule has 1 aliphatic carbocycles. The average molecular weight is 400 g/mol. The second-order valence-electron chi connectivity index (χ2n) is 8.13. The smallest absolute Gasteiger partial charge is 0.195 e. The number of benzene rings is 3. The van der Waals surface area contributed by atoms with Gasteiger partial charge in [-0.15, -0.1) is 0 Å². The van der Waals surface area contributed by atoms with E-state index in [4.69, 9.17) is 0 Å². The van der Waals surface area contributed by atoms with Gasteiger partial charge in [0.15, 0.2) is 17.5 Å². The first-order valence-corrected chi connectivity index (χ1v) is 10.3. The predicted octanol–water partition coefficient (Wildman–Crippen LogP) is 7.79. The lowest BCUT2D eigenvalue weighted by Gasteiger charge is -2.29. The molecule has 0 nitrogen and oxygen atoms in total. The first-order valence-electron chi connectivity index (χ1n) is 10.3. The van der Waals surface area contributed by atoms with Crippen LogP contribution in [0.3, 0.4) is 0 Å². The van der Waals surface area contributed by atoms with Gasteiger partial charge in [-0.05, 0) is 78.1 Å². The van der Waals surface area contributed by atoms with Crippen LogP contribution in [-0.2, 0) is 6.42 Å². The molecule has 0 heterocycles. The second kappa shape index (κ2) is 8.17. The Bertz CT molecular complexity index is 1020. The van der Waals surface area contributed by atoms with Gasteiger partial charge in [-0.2, -0.15) is 0 Å². The SMILES string of the molecule is CCCc1ccc(C2CCC(c3cc(F)c4c(F)c(F)c(F)cc4c3)CC2)cc1. The van der Waals surface area contributed by atoms with Gasteiger partial charge in [0.2, 0.25) is 0 Å². The molecule has 29 heavy (non-hydrogen) atoms. The van der Waals surface area contributed by atoms with E-state index in [1.807, 2.05) is 0 Å². The summed E-state index contributed by atoms with van der Waals surface area (Å²) >= 11 is 0. The Morgan fingerprint density at radius 3 is 1.97 bits per heavy atom. The zero-order chi connectivity index (χ0) is 20.5. The van der Waals surface area contributed by atoms with Gasteiger partial charge in [-0.3, -0.25) is 0 Å². The highest BCUT2D eigenvalue weighted by molar-refractivity contribution is 5.84. The molecule has 1 aliphatic rings. The molecule has 4 rings (SSSR count). The summed E-state index contributed by atoms with van der Waals surface area (Å²) < 4.78 is 55.5. The number of hydrogen-bond donors (Lipinski definition) is 0. The van der Waals surface area contributed by atoms with Crippen molar-refractivity contribution in [2.45, 2.75) is 57.3 Å². The van der Waals surface area contributed by atoms with Crippen LogP contribution >= 0.6 is 0 Å². The topological polar surface area (TPSA) is 0 Å². The van der Waals surface area contributed by atoms with Gasteiger partial charge < -0.3 is 0 Å². The highest BCUT2D eigenvalue weighted by Gasteiger charge is 2.25. The Morgan fingerprint density at radius 1 is 0.724 bits per heavy atom. The van der Waals surface area contributed by atoms with Crippen molar-refractivity contribution >= 4 is 10.8 Å². The van der Waals surface area contributed by atoms with E-state index >= 15 is 0 Å². The van der Waals surface area contributed by atoms with Gasteiger partial charge in [0.25, 0.3) is 0 Å². The van der Waals surface area contributed by atoms with Gasteiger partial charge in [-0.1, -0.05) is 43.7 Å². The highest BCUT2D eigenvalue weighted by Crippen LogP contribution is 2.41. The van der Waals surface area contributed by atoms with E-state index in [2.05, 4.69) is 31.2 Å². The van der Waals surface area contributed by atoms with Crippen molar-refractivity contribution in [2.24, 2.45) is 0 Å². The monoisotopic (exact) mass is 400 g/mol. The molecule has 0 aliphatic heterocycles. The third-order valence-electron chi connectivity index (χ3n) is 6.24. The van der Waals surface area contributed by atoms with Crippen LogP contribution in [0.1, 0.15) is 67.6 Å². The van der Waals surface area contributed by atoms with Crippen molar-refractivity contribution in [3.05, 3.63) is 82.4 Å². The molecule has 4 heteroatoms. The summed E-state index contributed by atoms with van der Waals surface area (Å²) in [7, 11) is 0. The summed E-state index contributed by atoms with van der Waals surface area (Å²) in [5.41, 5.74) is 3.43. The minimum absolute atomic E-state index is 0.0741. The molecule has 0 aromatic heterocycles. The van der Waals surface area contributed by atoms with Crippen LogP contribution in [0.15, 0.2) is 42.5 Å². The Kier molecular flexibility index (Phi) is 5.62. The zero-order valence-corrected chi connectivity index (χ0v) is 16.5. The first-order chi connectivity index (χ1) is 14.0. The lowest BCUT2D eigenvalue weighted by atomic mass is 9.76. The summed E-state index contributed by atoms with van der Waals surface area (Å²) in [5, 5.41) is -0.404. The van der Waals surface area contributed by atoms with Gasteiger partial charge >= 0.3 is 0 Å². The fourth-order valence-corrected chi connectivity index (χ4v) is 4.65. The van der Waals surface area contributed by atoms with Crippen LogP contribution in [0.5, 0.6) is 0 Å². The van der Waals surface area contributed by atoms with Gasteiger partial charge in [0.05, 0.1) is 5.39 Å². The molecule has 3 aromatic rings. The summed E-state index contributed by atoms with van der Waals surface area (Å²) in [6.07, 6.45) is 5.98. The van der Waals surface area contributed by atoms with Crippen molar-refractivity contribution in [1.82, 2.24) is 0 Å². The summed E-state index contributed by atoms with van der Waals surface area (Å²) in [4.78, 5) is 0. The van der Waals surface area contributed by atoms with Crippen LogP contribution in [0.4, 0.5) is 17.6 Å². The van der Waals surface area contributed by atoms with E-state index in [0.717, 1.165) is 50.2 Å². The maximum atomic E-state index is 14.5. The van der Waals surface area contributed by atoms with Crippen molar-refractivity contribution in [2.75, 3.05) is 0 Å². The van der Waals surface area contributed by atoms with E-state index < -0.39 is 28.7 Å². The standard InChI is InChI=1S/C25H24F4/c1-2-3-15-4-6-16(7-5-15)17-8-10-18(11-9-17)19-12-20-14-22(27)24(28)25(29)23(20)21(26)13-19/h4-7,12-14,17-18H,2-3,8-11H2,1H3. The molecule has 152 valence electrons. The summed E-state index contributed by atoms with van der Waals surface area (Å²) in [5.74, 6) is -4.59. The molecule has 0 saturated heterocycles. The van der Waals surface area contributed by atoms with Gasteiger partial charge in [-0.25, -0.2) is 17.6 Å². The molecule has 0 unspecified atom stereocenters. The Morgan fingerprint density at radius 2 is 1.34 bits per heavy atom. The van der Waals surface area contributed by atoms with E-state index in [9.17, 15) is 17.6 Å². The second-order valence-corrected chi connectivity index (χ2v) is 8.13. The van der Waals surface area contributed by atoms with Crippen molar-refractivity contribution in [1.29, 1.82) is 0 Å². The van der Waals surface area contributed by atoms with Crippen LogP contribution in [0.25, 0.3) is 10.8 Å². The Hall–Kier alpha value is -2.36. The van der Waals surface area contributed by atoms with Gasteiger partial charge in [0.1, 0.15) is 5.82 Å². The molecule has 1 fully saturated rings. The number of fused-ring (bicyclic) bond motifs is 1. The van der Waals surface area contributed by atoms with Crippen LogP contribution in [0.2, 0.25) is 0 Å². The van der Waals surface area contributed by atoms with Crippen molar-refractivity contribution < 1.29 is 17.6 Å². The van der Waals surface area contributed by atoms with E-state index in [1.165, 1.54) is 17.2 Å². The third kappa shape index (κ3) is 3.90. The maximum Gasteiger partial charge on any atom is 0.195 e. The molecule has 1 saturated carbocycles. The first kappa shape index (κ1) is 19.9. The molecular formula is C25H24F4. The zero-order valence-electron chi connectivity index (χ0n) is 16.5. The molecule has 0 spiro atoms. The molecule has 0 amide bonds. The Labute approximate surface area is 168 Å². The minimum atomic E-state index is -1.63. The normalized spacial score (nSPS) is 19.6. The predicted molar refractivity (Wildman–Crippen MR) is 108 cm³/mol. The molecule has 0 radical (unpaired) electrons. The average Bonchev–Trinajstić information content (AvgIpc) is 2.72. The van der Waals surface area contributed by atoms with Crippen LogP contribution in [0, 0.1) is 23.3 Å². The van der Waals surface area contributed by atoms with Crippen molar-refractivity contribution in [3.8, 4) is 0 Å². The van der Waals surface area contributed by atoms with E-state index in [0.29, 0.717) is 5.92 Å². The molecule has 0 N–H and O–H groups in total. The largest absolute Gasteiger partial charge is 0.206 e. The molecule has 3 aromatic carbocycles.